The predicted molar refractivity (Wildman–Crippen MR) is 86.1 cm³/mol. The molecule has 0 saturated carbocycles. The first-order valence-corrected chi connectivity index (χ1v) is 6.10. The Labute approximate surface area is 138 Å². The van der Waals surface area contributed by atoms with Crippen LogP contribution in [-0.4, -0.2) is 36.2 Å². The van der Waals surface area contributed by atoms with Crippen molar-refractivity contribution in [2.45, 2.75) is 0 Å². The number of hydrogen-bond acceptors (Lipinski definition) is 3. The zero-order valence-corrected chi connectivity index (χ0v) is 13.4. The van der Waals surface area contributed by atoms with Crippen molar-refractivity contribution in [2.75, 3.05) is 14.1 Å². The van der Waals surface area contributed by atoms with Gasteiger partial charge in [0, 0.05) is 23.3 Å². The number of nitrogens with one attached hydrogen (secondary N) is 2. The average molecular weight is 362 g/mol. The maximum atomic E-state index is 5.23. The van der Waals surface area contributed by atoms with E-state index in [1.165, 1.54) is 12.5 Å². The van der Waals surface area contributed by atoms with Crippen LogP contribution >= 0.6 is 0 Å². The molecule has 2 N–H and O–H groups in total. The molecule has 1 radical (unpaired) electrons. The number of rotatable bonds is 4. The van der Waals surface area contributed by atoms with Crippen LogP contribution in [0, 0.1) is 0 Å². The van der Waals surface area contributed by atoms with E-state index in [0.29, 0.717) is 21.7 Å². The zero-order valence-electron chi connectivity index (χ0n) is 10.7. The van der Waals surface area contributed by atoms with Gasteiger partial charge in [0.2, 0.25) is 0 Å². The molecule has 20 heavy (non-hydrogen) atoms. The van der Waals surface area contributed by atoms with Gasteiger partial charge in [0.25, 0.3) is 0 Å². The summed E-state index contributed by atoms with van der Waals surface area (Å²) in [5, 5.41) is 14.0. The third-order valence-electron chi connectivity index (χ3n) is 1.81. The first kappa shape index (κ1) is 18.8. The second-order valence-electron chi connectivity index (χ2n) is 3.05. The molecule has 0 aromatic carbocycles. The van der Waals surface area contributed by atoms with Gasteiger partial charge >= 0.3 is 0 Å². The Morgan fingerprint density at radius 1 is 1.25 bits per heavy atom. The molecule has 0 amide bonds. The standard InChI is InChI=1S/C10H14N6OS2.Cu/c1-11-9(18)15-13-6-7(8-4-3-5-17-8)14-16-10(19)12-2;/h3-6H,1-2H3,(H4,11,12,13,14,15,16,18,19);. The van der Waals surface area contributed by atoms with Gasteiger partial charge in [-0.05, 0) is 26.2 Å². The summed E-state index contributed by atoms with van der Waals surface area (Å²) in [6, 6.07) is 3.48. The van der Waals surface area contributed by atoms with Gasteiger partial charge in [-0.1, -0.05) is 0 Å². The molecule has 0 spiro atoms. The molecule has 0 atom stereocenters. The first-order chi connectivity index (χ1) is 9.17. The molecule has 0 bridgehead atoms. The summed E-state index contributed by atoms with van der Waals surface area (Å²) < 4.78 is 5.23. The molecule has 0 aliphatic heterocycles. The molecule has 1 heterocycles. The van der Waals surface area contributed by atoms with Crippen LogP contribution in [0.2, 0.25) is 0 Å². The topological polar surface area (TPSA) is 90.1 Å². The van der Waals surface area contributed by atoms with Crippen LogP contribution in [0.1, 0.15) is 5.76 Å². The molecule has 113 valence electrons. The van der Waals surface area contributed by atoms with Crippen molar-refractivity contribution in [3.05, 3.63) is 35.0 Å². The maximum Gasteiger partial charge on any atom is 0.186 e. The minimum atomic E-state index is 0. The van der Waals surface area contributed by atoms with Gasteiger partial charge in [-0.3, -0.25) is 10.6 Å². The van der Waals surface area contributed by atoms with E-state index in [9.17, 15) is 0 Å². The van der Waals surface area contributed by atoms with Gasteiger partial charge in [-0.15, -0.1) is 0 Å². The van der Waals surface area contributed by atoms with Crippen LogP contribution in [0.4, 0.5) is 0 Å². The molecule has 7 nitrogen and oxygen atoms in total. The van der Waals surface area contributed by atoms with E-state index in [1.54, 1.807) is 26.2 Å². The molecule has 0 aliphatic rings. The van der Waals surface area contributed by atoms with E-state index >= 15 is 0 Å². The normalized spacial score (nSPS) is 11.0. The summed E-state index contributed by atoms with van der Waals surface area (Å²) in [7, 11) is 3.37. The van der Waals surface area contributed by atoms with Crippen molar-refractivity contribution in [2.24, 2.45) is 10.2 Å². The van der Waals surface area contributed by atoms with Gasteiger partial charge in [0.05, 0.1) is 6.26 Å². The third kappa shape index (κ3) is 6.85. The summed E-state index contributed by atoms with van der Waals surface area (Å²) in [6.07, 6.45) is 2.94. The molecular formula is C10H14CuN6OS2. The number of hydrogen-bond donors (Lipinski definition) is 2. The summed E-state index contributed by atoms with van der Waals surface area (Å²) in [5.41, 5.74) is 8.02. The van der Waals surface area contributed by atoms with E-state index in [4.69, 9.17) is 4.42 Å². The van der Waals surface area contributed by atoms with Crippen LogP contribution in [0.25, 0.3) is 10.9 Å². The quantitative estimate of drug-likeness (QED) is 0.196. The Morgan fingerprint density at radius 2 is 1.90 bits per heavy atom. The van der Waals surface area contributed by atoms with Crippen LogP contribution in [0.15, 0.2) is 33.0 Å². The predicted octanol–water partition coefficient (Wildman–Crippen LogP) is -0.114. The smallest absolute Gasteiger partial charge is 0.186 e. The van der Waals surface area contributed by atoms with E-state index in [-0.39, 0.29) is 17.1 Å². The van der Waals surface area contributed by atoms with Gasteiger partial charge in [-0.2, -0.15) is 0 Å². The summed E-state index contributed by atoms with van der Waals surface area (Å²) in [5.74, 6) is 0.519. The zero-order chi connectivity index (χ0) is 14.1. The Kier molecular flexibility index (Phi) is 9.99. The molecular weight excluding hydrogens is 348 g/mol. The average Bonchev–Trinajstić information content (AvgIpc) is 2.95. The van der Waals surface area contributed by atoms with Crippen molar-refractivity contribution < 1.29 is 21.5 Å². The van der Waals surface area contributed by atoms with Gasteiger partial charge in [0.15, 0.2) is 40.4 Å². The summed E-state index contributed by atoms with van der Waals surface area (Å²) >= 11 is 8.07. The molecule has 0 fully saturated rings. The molecule has 1 aromatic heterocycles. The number of thiol groups is 2. The van der Waals surface area contributed by atoms with Crippen molar-refractivity contribution in [3.63, 3.8) is 0 Å². The number of nitrogens with zero attached hydrogens (tertiary/aromatic N) is 4. The van der Waals surface area contributed by atoms with Crippen LogP contribution in [-0.2, 0) is 41.5 Å². The Bertz CT molecular complexity index is 488. The SMILES string of the molecule is CNC(=[SH+])[N-]N=CC(=N[N-]C(=[SH+])NC)c1ccco1.[Cu]. The minimum absolute atomic E-state index is 0. The molecule has 0 unspecified atom stereocenters. The fourth-order valence-electron chi connectivity index (χ4n) is 0.902. The largest absolute Gasteiger partial charge is 0.515 e. The van der Waals surface area contributed by atoms with E-state index in [2.05, 4.69) is 56.1 Å². The second kappa shape index (κ2) is 10.6. The molecule has 0 aliphatic carbocycles. The molecule has 1 aromatic rings. The maximum absolute atomic E-state index is 5.23. The van der Waals surface area contributed by atoms with Crippen LogP contribution in [0.3, 0.4) is 0 Å². The molecule has 10 heteroatoms. The first-order valence-electron chi connectivity index (χ1n) is 5.21. The second-order valence-corrected chi connectivity index (χ2v) is 3.90. The fourth-order valence-corrected chi connectivity index (χ4v) is 0.999. The van der Waals surface area contributed by atoms with Crippen molar-refractivity contribution >= 4 is 46.6 Å². The van der Waals surface area contributed by atoms with E-state index in [0.717, 1.165) is 0 Å². The summed E-state index contributed by atoms with van der Waals surface area (Å²) in [4.78, 5) is 0. The van der Waals surface area contributed by atoms with Gasteiger partial charge in [-0.25, -0.2) is 0 Å². The third-order valence-corrected chi connectivity index (χ3v) is 2.43. The van der Waals surface area contributed by atoms with Gasteiger partial charge in [0.1, 0.15) is 5.71 Å². The monoisotopic (exact) mass is 361 g/mol. The summed E-state index contributed by atoms with van der Waals surface area (Å²) in [6.45, 7) is 0. The Morgan fingerprint density at radius 3 is 2.45 bits per heavy atom. The minimum Gasteiger partial charge on any atom is -0.515 e. The fraction of sp³-hybridized carbons (Fsp3) is 0.200. The van der Waals surface area contributed by atoms with Crippen LogP contribution < -0.4 is 10.6 Å². The number of furan rings is 1. The van der Waals surface area contributed by atoms with Crippen molar-refractivity contribution in [1.82, 2.24) is 10.6 Å². The van der Waals surface area contributed by atoms with Gasteiger partial charge < -0.3 is 25.5 Å². The van der Waals surface area contributed by atoms with Crippen molar-refractivity contribution in [3.8, 4) is 0 Å². The van der Waals surface area contributed by atoms with Crippen molar-refractivity contribution in [1.29, 1.82) is 0 Å². The van der Waals surface area contributed by atoms with E-state index < -0.39 is 0 Å². The Hall–Kier alpha value is -1.16. The molecule has 0 saturated heterocycles. The molecule has 1 rings (SSSR count). The van der Waals surface area contributed by atoms with Crippen LogP contribution in [0.5, 0.6) is 0 Å². The van der Waals surface area contributed by atoms with E-state index in [1.807, 2.05) is 0 Å². The Balaban J connectivity index is 0.00000361.